The lowest BCUT2D eigenvalue weighted by molar-refractivity contribution is -0.385. The summed E-state index contributed by atoms with van der Waals surface area (Å²) in [6, 6.07) is 2.75. The normalized spacial score (nSPS) is 11.7. The van der Waals surface area contributed by atoms with Crippen molar-refractivity contribution in [2.75, 3.05) is 0 Å². The Morgan fingerprint density at radius 2 is 2.10 bits per heavy atom. The molecule has 0 spiro atoms. The number of carboxylic acids is 1. The molecule has 1 aromatic carbocycles. The number of carbonyl (C=O) groups is 2. The quantitative estimate of drug-likeness (QED) is 0.607. The standard InChI is InChI=1S/C12H13BrN2O5/c1-2-3-10(12(17)18)14-11(16)7-4-8(13)6-9(5-7)15(19)20/h4-6,10H,2-3H2,1H3,(H,14,16)(H,17,18)/t10-/m1/s1. The number of aliphatic carboxylic acids is 1. The van der Waals surface area contributed by atoms with E-state index in [1.165, 1.54) is 12.1 Å². The number of hydrogen-bond donors (Lipinski definition) is 2. The SMILES string of the molecule is CCC[C@@H](NC(=O)c1cc(Br)cc([N+](=O)[O-])c1)C(=O)O. The van der Waals surface area contributed by atoms with E-state index in [1.807, 2.05) is 0 Å². The third kappa shape index (κ3) is 4.30. The lowest BCUT2D eigenvalue weighted by Crippen LogP contribution is -2.40. The molecule has 0 aliphatic rings. The molecule has 0 heterocycles. The summed E-state index contributed by atoms with van der Waals surface area (Å²) >= 11 is 3.07. The number of rotatable bonds is 6. The topological polar surface area (TPSA) is 110 Å². The number of nitrogens with one attached hydrogen (secondary N) is 1. The summed E-state index contributed by atoms with van der Waals surface area (Å²) in [5, 5.41) is 22.0. The predicted molar refractivity (Wildman–Crippen MR) is 74.6 cm³/mol. The molecule has 0 fully saturated rings. The highest BCUT2D eigenvalue weighted by Crippen LogP contribution is 2.21. The van der Waals surface area contributed by atoms with Crippen LogP contribution in [-0.2, 0) is 4.79 Å². The number of benzene rings is 1. The number of nitrogens with zero attached hydrogens (tertiary/aromatic N) is 1. The molecule has 1 rings (SSSR count). The number of hydrogen-bond acceptors (Lipinski definition) is 4. The molecule has 0 unspecified atom stereocenters. The number of nitro benzene ring substituents is 1. The minimum atomic E-state index is -1.13. The van der Waals surface area contributed by atoms with Crippen LogP contribution < -0.4 is 5.32 Å². The Kier molecular flexibility index (Phi) is 5.63. The van der Waals surface area contributed by atoms with E-state index in [0.29, 0.717) is 10.9 Å². The first-order chi connectivity index (χ1) is 9.35. The van der Waals surface area contributed by atoms with Crippen LogP contribution in [0.15, 0.2) is 22.7 Å². The molecule has 1 aromatic rings. The van der Waals surface area contributed by atoms with Crippen LogP contribution in [0.25, 0.3) is 0 Å². The van der Waals surface area contributed by atoms with Gasteiger partial charge in [-0.25, -0.2) is 4.79 Å². The Labute approximate surface area is 123 Å². The Hall–Kier alpha value is -1.96. The molecule has 0 aliphatic heterocycles. The van der Waals surface area contributed by atoms with Gasteiger partial charge >= 0.3 is 5.97 Å². The van der Waals surface area contributed by atoms with E-state index in [9.17, 15) is 19.7 Å². The number of amides is 1. The minimum Gasteiger partial charge on any atom is -0.480 e. The molecular formula is C12H13BrN2O5. The van der Waals surface area contributed by atoms with Crippen molar-refractivity contribution in [3.63, 3.8) is 0 Å². The maximum absolute atomic E-state index is 11.9. The zero-order valence-electron chi connectivity index (χ0n) is 10.6. The second-order valence-corrected chi connectivity index (χ2v) is 5.02. The number of nitro groups is 1. The average Bonchev–Trinajstić information content (AvgIpc) is 2.37. The molecule has 2 N–H and O–H groups in total. The number of non-ortho nitro benzene ring substituents is 1. The van der Waals surface area contributed by atoms with Gasteiger partial charge < -0.3 is 10.4 Å². The van der Waals surface area contributed by atoms with Crippen LogP contribution in [0.5, 0.6) is 0 Å². The summed E-state index contributed by atoms with van der Waals surface area (Å²) in [5.74, 6) is -1.79. The molecule has 0 bridgehead atoms. The molecule has 0 saturated carbocycles. The van der Waals surface area contributed by atoms with E-state index in [0.717, 1.165) is 6.07 Å². The van der Waals surface area contributed by atoms with Crippen molar-refractivity contribution in [1.82, 2.24) is 5.32 Å². The van der Waals surface area contributed by atoms with Gasteiger partial charge in [0.1, 0.15) is 6.04 Å². The maximum atomic E-state index is 11.9. The highest BCUT2D eigenvalue weighted by Gasteiger charge is 2.21. The fraction of sp³-hybridized carbons (Fsp3) is 0.333. The van der Waals surface area contributed by atoms with Crippen molar-refractivity contribution >= 4 is 33.5 Å². The third-order valence-electron chi connectivity index (χ3n) is 2.54. The fourth-order valence-electron chi connectivity index (χ4n) is 1.60. The van der Waals surface area contributed by atoms with Gasteiger partial charge in [0, 0.05) is 22.2 Å². The number of carboxylic acid groups (broad SMARTS) is 1. The molecule has 0 radical (unpaired) electrons. The van der Waals surface area contributed by atoms with Gasteiger partial charge in [0.05, 0.1) is 4.92 Å². The second-order valence-electron chi connectivity index (χ2n) is 4.11. The van der Waals surface area contributed by atoms with Gasteiger partial charge in [0.25, 0.3) is 11.6 Å². The lowest BCUT2D eigenvalue weighted by Gasteiger charge is -2.13. The Bertz CT molecular complexity index is 547. The van der Waals surface area contributed by atoms with E-state index >= 15 is 0 Å². The lowest BCUT2D eigenvalue weighted by atomic mass is 10.1. The van der Waals surface area contributed by atoms with Gasteiger partial charge in [0.15, 0.2) is 0 Å². The van der Waals surface area contributed by atoms with Crippen LogP contribution in [0.4, 0.5) is 5.69 Å². The van der Waals surface area contributed by atoms with E-state index in [2.05, 4.69) is 21.2 Å². The first-order valence-corrected chi connectivity index (χ1v) is 6.63. The van der Waals surface area contributed by atoms with Crippen molar-refractivity contribution in [1.29, 1.82) is 0 Å². The molecule has 0 saturated heterocycles. The third-order valence-corrected chi connectivity index (χ3v) is 2.99. The van der Waals surface area contributed by atoms with Crippen molar-refractivity contribution in [2.24, 2.45) is 0 Å². The van der Waals surface area contributed by atoms with Gasteiger partial charge in [-0.3, -0.25) is 14.9 Å². The molecule has 8 heteroatoms. The van der Waals surface area contributed by atoms with Crippen molar-refractivity contribution in [2.45, 2.75) is 25.8 Å². The molecular weight excluding hydrogens is 332 g/mol. The van der Waals surface area contributed by atoms with E-state index in [1.54, 1.807) is 6.92 Å². The Morgan fingerprint density at radius 3 is 2.60 bits per heavy atom. The second kappa shape index (κ2) is 6.99. The first kappa shape index (κ1) is 16.1. The van der Waals surface area contributed by atoms with Crippen LogP contribution >= 0.6 is 15.9 Å². The van der Waals surface area contributed by atoms with Crippen molar-refractivity contribution in [3.05, 3.63) is 38.3 Å². The monoisotopic (exact) mass is 344 g/mol. The zero-order valence-corrected chi connectivity index (χ0v) is 12.2. The summed E-state index contributed by atoms with van der Waals surface area (Å²) in [6.45, 7) is 1.80. The van der Waals surface area contributed by atoms with Gasteiger partial charge in [-0.15, -0.1) is 0 Å². The van der Waals surface area contributed by atoms with Crippen LogP contribution in [0, 0.1) is 10.1 Å². The van der Waals surface area contributed by atoms with Gasteiger partial charge in [-0.2, -0.15) is 0 Å². The summed E-state index contributed by atoms with van der Waals surface area (Å²) < 4.78 is 0.374. The minimum absolute atomic E-state index is 0.0356. The highest BCUT2D eigenvalue weighted by molar-refractivity contribution is 9.10. The Morgan fingerprint density at radius 1 is 1.45 bits per heavy atom. The van der Waals surface area contributed by atoms with E-state index < -0.39 is 22.8 Å². The summed E-state index contributed by atoms with van der Waals surface area (Å²) in [6.07, 6.45) is 0.882. The molecule has 108 valence electrons. The van der Waals surface area contributed by atoms with Crippen molar-refractivity contribution in [3.8, 4) is 0 Å². The smallest absolute Gasteiger partial charge is 0.326 e. The molecule has 0 aliphatic carbocycles. The van der Waals surface area contributed by atoms with Gasteiger partial charge in [-0.1, -0.05) is 29.3 Å². The number of carbonyl (C=O) groups excluding carboxylic acids is 1. The van der Waals surface area contributed by atoms with Crippen LogP contribution in [0.2, 0.25) is 0 Å². The fourth-order valence-corrected chi connectivity index (χ4v) is 2.08. The number of halogens is 1. The first-order valence-electron chi connectivity index (χ1n) is 5.83. The summed E-state index contributed by atoms with van der Waals surface area (Å²) in [7, 11) is 0. The molecule has 0 aromatic heterocycles. The largest absolute Gasteiger partial charge is 0.480 e. The van der Waals surface area contributed by atoms with Crippen molar-refractivity contribution < 1.29 is 19.6 Å². The average molecular weight is 345 g/mol. The highest BCUT2D eigenvalue weighted by atomic mass is 79.9. The van der Waals surface area contributed by atoms with Gasteiger partial charge in [0.2, 0.25) is 0 Å². The molecule has 1 atom stereocenters. The van der Waals surface area contributed by atoms with Crippen LogP contribution in [0.1, 0.15) is 30.1 Å². The van der Waals surface area contributed by atoms with Crippen LogP contribution in [-0.4, -0.2) is 27.9 Å². The van der Waals surface area contributed by atoms with Crippen LogP contribution in [0.3, 0.4) is 0 Å². The Balaban J connectivity index is 2.97. The zero-order chi connectivity index (χ0) is 15.3. The van der Waals surface area contributed by atoms with E-state index in [4.69, 9.17) is 5.11 Å². The maximum Gasteiger partial charge on any atom is 0.326 e. The van der Waals surface area contributed by atoms with Gasteiger partial charge in [-0.05, 0) is 12.5 Å². The predicted octanol–water partition coefficient (Wildman–Crippen LogP) is 2.34. The van der Waals surface area contributed by atoms with E-state index in [-0.39, 0.29) is 17.7 Å². The molecule has 1 amide bonds. The molecule has 7 nitrogen and oxygen atoms in total. The summed E-state index contributed by atoms with van der Waals surface area (Å²) in [5.41, 5.74) is -0.208. The summed E-state index contributed by atoms with van der Waals surface area (Å²) in [4.78, 5) is 33.0. The molecule has 20 heavy (non-hydrogen) atoms.